The van der Waals surface area contributed by atoms with Crippen molar-refractivity contribution in [1.29, 1.82) is 0 Å². The summed E-state index contributed by atoms with van der Waals surface area (Å²) in [6.07, 6.45) is 5.16. The SMILES string of the molecule is CCCOCCCNc1ncc(Cl)cn1. The van der Waals surface area contributed by atoms with Gasteiger partial charge in [-0.15, -0.1) is 0 Å². The molecule has 1 aromatic heterocycles. The molecule has 0 amide bonds. The molecular weight excluding hydrogens is 214 g/mol. The van der Waals surface area contributed by atoms with Crippen LogP contribution in [0.1, 0.15) is 19.8 Å². The van der Waals surface area contributed by atoms with Crippen molar-refractivity contribution < 1.29 is 4.74 Å². The summed E-state index contributed by atoms with van der Waals surface area (Å²) >= 11 is 5.66. The van der Waals surface area contributed by atoms with E-state index in [1.807, 2.05) is 0 Å². The summed E-state index contributed by atoms with van der Waals surface area (Å²) in [6, 6.07) is 0. The van der Waals surface area contributed by atoms with Gasteiger partial charge in [0.05, 0.1) is 17.4 Å². The molecular formula is C10H16ClN3O. The molecule has 0 saturated heterocycles. The molecule has 0 atom stereocenters. The summed E-state index contributed by atoms with van der Waals surface area (Å²) in [5.41, 5.74) is 0. The fraction of sp³-hybridized carbons (Fsp3) is 0.600. The molecule has 84 valence electrons. The van der Waals surface area contributed by atoms with Crippen LogP contribution in [0.25, 0.3) is 0 Å². The number of halogens is 1. The van der Waals surface area contributed by atoms with Crippen LogP contribution < -0.4 is 5.32 Å². The van der Waals surface area contributed by atoms with Crippen LogP contribution in [0.4, 0.5) is 5.95 Å². The molecule has 0 aliphatic carbocycles. The van der Waals surface area contributed by atoms with E-state index >= 15 is 0 Å². The Hall–Kier alpha value is -0.870. The molecule has 0 bridgehead atoms. The molecule has 15 heavy (non-hydrogen) atoms. The van der Waals surface area contributed by atoms with E-state index in [-0.39, 0.29) is 0 Å². The Balaban J connectivity index is 2.07. The second kappa shape index (κ2) is 7.43. The number of anilines is 1. The minimum Gasteiger partial charge on any atom is -0.381 e. The maximum absolute atomic E-state index is 5.66. The van der Waals surface area contributed by atoms with E-state index in [1.165, 1.54) is 0 Å². The second-order valence-corrected chi connectivity index (χ2v) is 3.55. The third kappa shape index (κ3) is 5.54. The lowest BCUT2D eigenvalue weighted by Crippen LogP contribution is -2.08. The van der Waals surface area contributed by atoms with Crippen LogP contribution in [0, 0.1) is 0 Å². The molecule has 0 aromatic carbocycles. The van der Waals surface area contributed by atoms with E-state index in [0.29, 0.717) is 11.0 Å². The molecule has 0 spiro atoms. The number of ether oxygens (including phenoxy) is 1. The van der Waals surface area contributed by atoms with Crippen LogP contribution in [-0.4, -0.2) is 29.7 Å². The van der Waals surface area contributed by atoms with E-state index in [2.05, 4.69) is 22.2 Å². The molecule has 1 N–H and O–H groups in total. The largest absolute Gasteiger partial charge is 0.381 e. The highest BCUT2D eigenvalue weighted by atomic mass is 35.5. The first kappa shape index (κ1) is 12.2. The molecule has 0 aliphatic heterocycles. The van der Waals surface area contributed by atoms with Gasteiger partial charge >= 0.3 is 0 Å². The molecule has 0 aliphatic rings. The zero-order valence-electron chi connectivity index (χ0n) is 8.87. The smallest absolute Gasteiger partial charge is 0.222 e. The fourth-order valence-electron chi connectivity index (χ4n) is 1.02. The number of nitrogens with zero attached hydrogens (tertiary/aromatic N) is 2. The molecule has 0 saturated carbocycles. The first-order chi connectivity index (χ1) is 7.33. The molecule has 1 heterocycles. The number of rotatable bonds is 7. The average molecular weight is 230 g/mol. The number of hydrogen-bond acceptors (Lipinski definition) is 4. The minimum atomic E-state index is 0.548. The van der Waals surface area contributed by atoms with Gasteiger partial charge in [0.1, 0.15) is 0 Å². The lowest BCUT2D eigenvalue weighted by atomic mass is 10.4. The van der Waals surface area contributed by atoms with Crippen LogP contribution in [0.3, 0.4) is 0 Å². The van der Waals surface area contributed by atoms with Crippen LogP contribution in [0.15, 0.2) is 12.4 Å². The van der Waals surface area contributed by atoms with Gasteiger partial charge in [0.2, 0.25) is 5.95 Å². The second-order valence-electron chi connectivity index (χ2n) is 3.12. The van der Waals surface area contributed by atoms with Crippen molar-refractivity contribution in [2.75, 3.05) is 25.1 Å². The van der Waals surface area contributed by atoms with Gasteiger partial charge in [0, 0.05) is 19.8 Å². The normalized spacial score (nSPS) is 10.3. The Morgan fingerprint density at radius 2 is 2.07 bits per heavy atom. The minimum absolute atomic E-state index is 0.548. The Morgan fingerprint density at radius 3 is 2.73 bits per heavy atom. The molecule has 0 fully saturated rings. The van der Waals surface area contributed by atoms with Gasteiger partial charge < -0.3 is 10.1 Å². The summed E-state index contributed by atoms with van der Waals surface area (Å²) in [6.45, 7) is 4.51. The highest BCUT2D eigenvalue weighted by molar-refractivity contribution is 6.30. The third-order valence-corrected chi connectivity index (χ3v) is 1.91. The van der Waals surface area contributed by atoms with Crippen molar-refractivity contribution in [3.05, 3.63) is 17.4 Å². The number of nitrogens with one attached hydrogen (secondary N) is 1. The lowest BCUT2D eigenvalue weighted by Gasteiger charge is -2.04. The summed E-state index contributed by atoms with van der Waals surface area (Å²) in [5, 5.41) is 3.64. The quantitative estimate of drug-likeness (QED) is 0.730. The highest BCUT2D eigenvalue weighted by Crippen LogP contribution is 2.05. The first-order valence-corrected chi connectivity index (χ1v) is 5.50. The van der Waals surface area contributed by atoms with Gasteiger partial charge in [-0.1, -0.05) is 18.5 Å². The molecule has 5 heteroatoms. The maximum Gasteiger partial charge on any atom is 0.222 e. The number of hydrogen-bond donors (Lipinski definition) is 1. The van der Waals surface area contributed by atoms with Crippen LogP contribution in [-0.2, 0) is 4.74 Å². The van der Waals surface area contributed by atoms with Crippen LogP contribution >= 0.6 is 11.6 Å². The van der Waals surface area contributed by atoms with E-state index in [9.17, 15) is 0 Å². The Labute approximate surface area is 95.0 Å². The molecule has 1 rings (SSSR count). The predicted octanol–water partition coefficient (Wildman–Crippen LogP) is 2.36. The van der Waals surface area contributed by atoms with Gasteiger partial charge in [-0.2, -0.15) is 0 Å². The van der Waals surface area contributed by atoms with E-state index < -0.39 is 0 Å². The standard InChI is InChI=1S/C10H16ClN3O/c1-2-5-15-6-3-4-12-10-13-7-9(11)8-14-10/h7-8H,2-6H2,1H3,(H,12,13,14). The number of aromatic nitrogens is 2. The summed E-state index contributed by atoms with van der Waals surface area (Å²) in [7, 11) is 0. The monoisotopic (exact) mass is 229 g/mol. The lowest BCUT2D eigenvalue weighted by molar-refractivity contribution is 0.134. The third-order valence-electron chi connectivity index (χ3n) is 1.72. The van der Waals surface area contributed by atoms with Crippen LogP contribution in [0.5, 0.6) is 0 Å². The zero-order valence-corrected chi connectivity index (χ0v) is 9.63. The van der Waals surface area contributed by atoms with E-state index in [1.54, 1.807) is 12.4 Å². The van der Waals surface area contributed by atoms with Gasteiger partial charge in [0.25, 0.3) is 0 Å². The molecule has 0 radical (unpaired) electrons. The van der Waals surface area contributed by atoms with E-state index in [0.717, 1.165) is 32.6 Å². The molecule has 0 unspecified atom stereocenters. The first-order valence-electron chi connectivity index (χ1n) is 5.12. The highest BCUT2D eigenvalue weighted by Gasteiger charge is 1.94. The Kier molecular flexibility index (Phi) is 6.04. The van der Waals surface area contributed by atoms with E-state index in [4.69, 9.17) is 16.3 Å². The summed E-state index contributed by atoms with van der Waals surface area (Å²) < 4.78 is 5.34. The van der Waals surface area contributed by atoms with Crippen molar-refractivity contribution in [3.63, 3.8) is 0 Å². The van der Waals surface area contributed by atoms with Crippen molar-refractivity contribution in [1.82, 2.24) is 9.97 Å². The van der Waals surface area contributed by atoms with Gasteiger partial charge in [-0.3, -0.25) is 0 Å². The Bertz CT molecular complexity index is 266. The maximum atomic E-state index is 5.66. The Morgan fingerprint density at radius 1 is 1.33 bits per heavy atom. The van der Waals surface area contributed by atoms with Gasteiger partial charge in [-0.25, -0.2) is 9.97 Å². The van der Waals surface area contributed by atoms with Crippen LogP contribution in [0.2, 0.25) is 5.02 Å². The van der Waals surface area contributed by atoms with Crippen molar-refractivity contribution in [3.8, 4) is 0 Å². The fourth-order valence-corrected chi connectivity index (χ4v) is 1.12. The summed E-state index contributed by atoms with van der Waals surface area (Å²) in [4.78, 5) is 8.03. The zero-order chi connectivity index (χ0) is 10.9. The van der Waals surface area contributed by atoms with Gasteiger partial charge in [0.15, 0.2) is 0 Å². The average Bonchev–Trinajstić information content (AvgIpc) is 2.26. The summed E-state index contributed by atoms with van der Waals surface area (Å²) in [5.74, 6) is 0.606. The van der Waals surface area contributed by atoms with Crippen molar-refractivity contribution >= 4 is 17.5 Å². The topological polar surface area (TPSA) is 47.0 Å². The molecule has 1 aromatic rings. The van der Waals surface area contributed by atoms with Crippen molar-refractivity contribution in [2.24, 2.45) is 0 Å². The van der Waals surface area contributed by atoms with Gasteiger partial charge in [-0.05, 0) is 12.8 Å². The molecule has 4 nitrogen and oxygen atoms in total. The predicted molar refractivity (Wildman–Crippen MR) is 61.3 cm³/mol. The van der Waals surface area contributed by atoms with Crippen molar-refractivity contribution in [2.45, 2.75) is 19.8 Å².